The number of nitrogens with one attached hydrogen (secondary N) is 2. The monoisotopic (exact) mass is 537 g/mol. The van der Waals surface area contributed by atoms with Crippen LogP contribution < -0.4 is 10.6 Å². The van der Waals surface area contributed by atoms with Crippen molar-refractivity contribution in [2.24, 2.45) is 0 Å². The third-order valence-corrected chi connectivity index (χ3v) is 7.77. The number of carbonyl (C=O) groups is 2. The van der Waals surface area contributed by atoms with Crippen LogP contribution in [-0.4, -0.2) is 36.0 Å². The van der Waals surface area contributed by atoms with Crippen molar-refractivity contribution in [1.29, 1.82) is 0 Å². The molecular weight excluding hydrogens is 507 g/mol. The van der Waals surface area contributed by atoms with E-state index in [1.165, 1.54) is 36.4 Å². The molecule has 1 saturated heterocycles. The topological polar surface area (TPSA) is 70.7 Å². The van der Waals surface area contributed by atoms with Gasteiger partial charge in [-0.2, -0.15) is 0 Å². The van der Waals surface area contributed by atoms with Gasteiger partial charge in [-0.1, -0.05) is 24.3 Å². The second-order valence-corrected chi connectivity index (χ2v) is 10.3. The molecule has 0 bridgehead atoms. The molecule has 0 saturated carbocycles. The minimum atomic E-state index is -0.904. The van der Waals surface area contributed by atoms with E-state index in [0.29, 0.717) is 49.2 Å². The van der Waals surface area contributed by atoms with Crippen LogP contribution in [-0.2, 0) is 21.7 Å². The highest BCUT2D eigenvalue weighted by molar-refractivity contribution is 5.89. The van der Waals surface area contributed by atoms with Gasteiger partial charge in [0.15, 0.2) is 0 Å². The van der Waals surface area contributed by atoms with Crippen molar-refractivity contribution >= 4 is 17.7 Å². The van der Waals surface area contributed by atoms with E-state index in [-0.39, 0.29) is 30.1 Å². The molecule has 2 aliphatic heterocycles. The van der Waals surface area contributed by atoms with Crippen LogP contribution in [0.25, 0.3) is 0 Å². The number of rotatable bonds is 7. The zero-order valence-corrected chi connectivity index (χ0v) is 21.6. The lowest BCUT2D eigenvalue weighted by Crippen LogP contribution is -2.50. The summed E-state index contributed by atoms with van der Waals surface area (Å²) in [5.41, 5.74) is 1.76. The Morgan fingerprint density at radius 3 is 2.26 bits per heavy atom. The number of anilines is 1. The van der Waals surface area contributed by atoms with Crippen molar-refractivity contribution < 1.29 is 27.5 Å². The van der Waals surface area contributed by atoms with Crippen LogP contribution in [0.2, 0.25) is 0 Å². The van der Waals surface area contributed by atoms with Crippen molar-refractivity contribution in [3.8, 4) is 0 Å². The summed E-state index contributed by atoms with van der Waals surface area (Å²) in [5, 5.41) is 5.58. The second kappa shape index (κ2) is 11.1. The predicted molar refractivity (Wildman–Crippen MR) is 140 cm³/mol. The summed E-state index contributed by atoms with van der Waals surface area (Å²) in [4.78, 5) is 27.8. The normalized spacial score (nSPS) is 18.0. The number of likely N-dealkylation sites (tertiary alicyclic amines) is 1. The average Bonchev–Trinajstić information content (AvgIpc) is 2.92. The van der Waals surface area contributed by atoms with E-state index < -0.39 is 23.4 Å². The number of piperidine rings is 1. The van der Waals surface area contributed by atoms with Crippen molar-refractivity contribution in [2.75, 3.05) is 18.4 Å². The highest BCUT2D eigenvalue weighted by Gasteiger charge is 2.45. The minimum Gasteiger partial charge on any atom is -0.438 e. The molecule has 2 atom stereocenters. The van der Waals surface area contributed by atoms with Gasteiger partial charge in [0.2, 0.25) is 5.91 Å². The molecule has 2 aliphatic rings. The van der Waals surface area contributed by atoms with Crippen LogP contribution >= 0.6 is 0 Å². The molecule has 3 aromatic rings. The smallest absolute Gasteiger partial charge is 0.412 e. The third-order valence-electron chi connectivity index (χ3n) is 7.77. The Kier molecular flexibility index (Phi) is 7.61. The molecule has 6 nitrogen and oxygen atoms in total. The summed E-state index contributed by atoms with van der Waals surface area (Å²) >= 11 is 0. The molecule has 2 N–H and O–H groups in total. The summed E-state index contributed by atoms with van der Waals surface area (Å²) in [6, 6.07) is 16.1. The van der Waals surface area contributed by atoms with Crippen molar-refractivity contribution in [3.63, 3.8) is 0 Å². The highest BCUT2D eigenvalue weighted by atomic mass is 19.1. The van der Waals surface area contributed by atoms with Gasteiger partial charge in [-0.25, -0.2) is 18.0 Å². The fourth-order valence-electron chi connectivity index (χ4n) is 5.56. The number of nitrogens with zero attached hydrogens (tertiary/aromatic N) is 1. The van der Waals surface area contributed by atoms with Crippen LogP contribution in [0.4, 0.5) is 23.7 Å². The summed E-state index contributed by atoms with van der Waals surface area (Å²) in [6.45, 7) is 3.44. The number of carbonyl (C=O) groups excluding carboxylic acids is 2. The fraction of sp³-hybridized carbons (Fsp3) is 0.333. The average molecular weight is 538 g/mol. The maximum absolute atomic E-state index is 14.1. The largest absolute Gasteiger partial charge is 0.438 e. The Labute approximate surface area is 225 Å². The van der Waals surface area contributed by atoms with Gasteiger partial charge in [0.25, 0.3) is 0 Å². The van der Waals surface area contributed by atoms with E-state index in [9.17, 15) is 22.8 Å². The number of benzene rings is 3. The van der Waals surface area contributed by atoms with Gasteiger partial charge in [-0.3, -0.25) is 10.1 Å². The van der Waals surface area contributed by atoms with E-state index in [4.69, 9.17) is 4.74 Å². The van der Waals surface area contributed by atoms with Crippen LogP contribution in [0, 0.1) is 17.5 Å². The molecule has 1 fully saturated rings. The summed E-state index contributed by atoms with van der Waals surface area (Å²) in [7, 11) is 0. The van der Waals surface area contributed by atoms with Gasteiger partial charge in [0, 0.05) is 44.1 Å². The molecule has 2 heterocycles. The van der Waals surface area contributed by atoms with Gasteiger partial charge in [0.05, 0.1) is 11.6 Å². The number of halogens is 3. The van der Waals surface area contributed by atoms with Crippen molar-refractivity contribution in [1.82, 2.24) is 10.2 Å². The van der Waals surface area contributed by atoms with E-state index >= 15 is 0 Å². The quantitative estimate of drug-likeness (QED) is 0.398. The first kappa shape index (κ1) is 26.7. The van der Waals surface area contributed by atoms with Gasteiger partial charge in [0.1, 0.15) is 23.1 Å². The molecule has 39 heavy (non-hydrogen) atoms. The Balaban J connectivity index is 1.28. The highest BCUT2D eigenvalue weighted by Crippen LogP contribution is 2.44. The number of hydrogen-bond acceptors (Lipinski definition) is 4. The van der Waals surface area contributed by atoms with Crippen LogP contribution in [0.5, 0.6) is 0 Å². The molecular formula is C30H30F3N3O3. The lowest BCUT2D eigenvalue weighted by atomic mass is 9.81. The first-order valence-corrected chi connectivity index (χ1v) is 13.0. The third kappa shape index (κ3) is 5.93. The molecule has 1 spiro atoms. The molecule has 5 rings (SSSR count). The zero-order chi connectivity index (χ0) is 27.6. The van der Waals surface area contributed by atoms with Crippen LogP contribution in [0.3, 0.4) is 0 Å². The Bertz CT molecular complexity index is 1340. The fourth-order valence-corrected chi connectivity index (χ4v) is 5.56. The van der Waals surface area contributed by atoms with Gasteiger partial charge in [-0.15, -0.1) is 0 Å². The molecule has 0 aliphatic carbocycles. The van der Waals surface area contributed by atoms with E-state index in [2.05, 4.69) is 15.5 Å². The van der Waals surface area contributed by atoms with Gasteiger partial charge in [-0.05, 0) is 66.9 Å². The molecule has 2 amide bonds. The number of hydrogen-bond donors (Lipinski definition) is 2. The molecule has 2 unspecified atom stereocenters. The van der Waals surface area contributed by atoms with E-state index in [0.717, 1.165) is 5.56 Å². The lowest BCUT2D eigenvalue weighted by Gasteiger charge is -2.46. The Morgan fingerprint density at radius 1 is 0.974 bits per heavy atom. The van der Waals surface area contributed by atoms with Gasteiger partial charge < -0.3 is 15.0 Å². The maximum atomic E-state index is 14.1. The number of ether oxygens (including phenoxy) is 1. The van der Waals surface area contributed by atoms with Gasteiger partial charge >= 0.3 is 6.09 Å². The minimum absolute atomic E-state index is 0.0293. The van der Waals surface area contributed by atoms with E-state index in [1.54, 1.807) is 30.3 Å². The second-order valence-electron chi connectivity index (χ2n) is 10.3. The summed E-state index contributed by atoms with van der Waals surface area (Å²) in [6.07, 6.45) is 0.892. The molecule has 204 valence electrons. The van der Waals surface area contributed by atoms with Crippen molar-refractivity contribution in [3.05, 3.63) is 101 Å². The Hall–Kier alpha value is -3.85. The maximum Gasteiger partial charge on any atom is 0.412 e. The molecule has 0 aromatic heterocycles. The zero-order valence-electron chi connectivity index (χ0n) is 21.6. The Morgan fingerprint density at radius 2 is 1.59 bits per heavy atom. The predicted octanol–water partition coefficient (Wildman–Crippen LogP) is 5.84. The standard InChI is InChI=1S/C30H30F3N3O3/c1-19(36-14-12-30(13-15-36)26-17-24(33)10-11-27(26)35-29(38)39-30)16-25(21-4-8-23(32)9-5-21)28(37)34-18-20-2-6-22(31)7-3-20/h2-11,17,19,25H,12-16,18H2,1H3,(H,34,37)(H,35,38). The SMILES string of the molecule is CC(CC(C(=O)NCc1ccc(F)cc1)c1ccc(F)cc1)N1CCC2(CC1)OC(=O)Nc1ccc(F)cc12. The number of fused-ring (bicyclic) bond motifs is 2. The molecule has 9 heteroatoms. The summed E-state index contributed by atoms with van der Waals surface area (Å²) < 4.78 is 46.7. The van der Waals surface area contributed by atoms with Crippen LogP contribution in [0.1, 0.15) is 48.8 Å². The first-order valence-electron chi connectivity index (χ1n) is 13.0. The molecule has 0 radical (unpaired) electrons. The lowest BCUT2D eigenvalue weighted by molar-refractivity contribution is -0.123. The molecule has 3 aromatic carbocycles. The van der Waals surface area contributed by atoms with Crippen LogP contribution in [0.15, 0.2) is 66.7 Å². The van der Waals surface area contributed by atoms with E-state index in [1.807, 2.05) is 6.92 Å². The first-order chi connectivity index (χ1) is 18.7. The summed E-state index contributed by atoms with van der Waals surface area (Å²) in [5.74, 6) is -1.87. The number of amides is 2. The van der Waals surface area contributed by atoms with Crippen molar-refractivity contribution in [2.45, 2.75) is 50.3 Å².